The predicted molar refractivity (Wildman–Crippen MR) is 271 cm³/mol. The summed E-state index contributed by atoms with van der Waals surface area (Å²) in [7, 11) is 0. The molecule has 61 heavy (non-hydrogen) atoms. The van der Waals surface area contributed by atoms with Gasteiger partial charge < -0.3 is 15.5 Å². The Kier molecular flexibility index (Phi) is 50.3. The highest BCUT2D eigenvalue weighted by atomic mass is 16.3. The first-order valence-electron chi connectivity index (χ1n) is 26.7. The van der Waals surface area contributed by atoms with Gasteiger partial charge in [0.1, 0.15) is 0 Å². The summed E-state index contributed by atoms with van der Waals surface area (Å²) >= 11 is 0. The van der Waals surface area contributed by atoms with E-state index in [1.165, 1.54) is 186 Å². The molecule has 4 heteroatoms. The second-order valence-electron chi connectivity index (χ2n) is 17.9. The number of allylic oxidation sites excluding steroid dienone is 11. The van der Waals surface area contributed by atoms with E-state index in [4.69, 9.17) is 0 Å². The van der Waals surface area contributed by atoms with E-state index in [2.05, 4.69) is 79.9 Å². The number of carbonyl (C=O) groups is 1. The molecule has 0 aliphatic heterocycles. The van der Waals surface area contributed by atoms with Crippen LogP contribution in [-0.4, -0.2) is 34.9 Å². The Balaban J connectivity index is 3.57. The van der Waals surface area contributed by atoms with Gasteiger partial charge in [0.25, 0.3) is 0 Å². The number of unbranched alkanes of at least 4 members (excludes halogenated alkanes) is 31. The van der Waals surface area contributed by atoms with E-state index in [0.29, 0.717) is 6.42 Å². The maximum Gasteiger partial charge on any atom is 0.220 e. The molecule has 0 saturated carbocycles. The van der Waals surface area contributed by atoms with E-state index in [0.717, 1.165) is 57.8 Å². The van der Waals surface area contributed by atoms with Crippen LogP contribution in [0.1, 0.15) is 264 Å². The molecule has 0 aromatic rings. The third-order valence-electron chi connectivity index (χ3n) is 11.9. The molecule has 0 heterocycles. The van der Waals surface area contributed by atoms with Crippen LogP contribution in [0.25, 0.3) is 0 Å². The zero-order valence-electron chi connectivity index (χ0n) is 40.7. The van der Waals surface area contributed by atoms with E-state index in [-0.39, 0.29) is 12.5 Å². The van der Waals surface area contributed by atoms with Gasteiger partial charge in [0, 0.05) is 6.42 Å². The average molecular weight is 850 g/mol. The number of rotatable bonds is 48. The van der Waals surface area contributed by atoms with E-state index >= 15 is 0 Å². The molecule has 1 amide bonds. The van der Waals surface area contributed by atoms with Crippen LogP contribution < -0.4 is 5.32 Å². The molecule has 2 unspecified atom stereocenters. The van der Waals surface area contributed by atoms with Crippen molar-refractivity contribution in [2.24, 2.45) is 0 Å². The topological polar surface area (TPSA) is 69.6 Å². The minimum absolute atomic E-state index is 0.0790. The lowest BCUT2D eigenvalue weighted by molar-refractivity contribution is -0.123. The second-order valence-corrected chi connectivity index (χ2v) is 17.9. The van der Waals surface area contributed by atoms with Crippen LogP contribution in [-0.2, 0) is 4.79 Å². The van der Waals surface area contributed by atoms with Gasteiger partial charge in [-0.05, 0) is 70.6 Å². The van der Waals surface area contributed by atoms with E-state index in [1.807, 2.05) is 6.08 Å². The third-order valence-corrected chi connectivity index (χ3v) is 11.9. The summed E-state index contributed by atoms with van der Waals surface area (Å²) in [5.74, 6) is -0.0790. The molecule has 0 aromatic heterocycles. The molecule has 0 radical (unpaired) electrons. The molecule has 0 aromatic carbocycles. The first kappa shape index (κ1) is 58.8. The van der Waals surface area contributed by atoms with Crippen LogP contribution >= 0.6 is 0 Å². The molecule has 0 fully saturated rings. The van der Waals surface area contributed by atoms with Gasteiger partial charge in [-0.25, -0.2) is 0 Å². The fourth-order valence-electron chi connectivity index (χ4n) is 7.89. The monoisotopic (exact) mass is 850 g/mol. The Morgan fingerprint density at radius 1 is 0.410 bits per heavy atom. The smallest absolute Gasteiger partial charge is 0.220 e. The number of aliphatic hydroxyl groups excluding tert-OH is 2. The molecule has 0 aliphatic carbocycles. The highest BCUT2D eigenvalue weighted by Crippen LogP contribution is 2.16. The number of nitrogens with one attached hydrogen (secondary N) is 1. The Morgan fingerprint density at radius 2 is 0.738 bits per heavy atom. The fraction of sp³-hybridized carbons (Fsp3) is 0.772. The number of aliphatic hydroxyl groups is 2. The minimum atomic E-state index is -0.868. The van der Waals surface area contributed by atoms with Gasteiger partial charge in [-0.1, -0.05) is 260 Å². The first-order chi connectivity index (χ1) is 30.2. The summed E-state index contributed by atoms with van der Waals surface area (Å²) in [6, 6.07) is -0.646. The number of hydrogen-bond acceptors (Lipinski definition) is 3. The molecule has 4 nitrogen and oxygen atoms in total. The normalized spacial score (nSPS) is 13.4. The Morgan fingerprint density at radius 3 is 1.15 bits per heavy atom. The van der Waals surface area contributed by atoms with Crippen molar-refractivity contribution in [2.75, 3.05) is 6.61 Å². The minimum Gasteiger partial charge on any atom is -0.394 e. The van der Waals surface area contributed by atoms with Crippen molar-refractivity contribution >= 4 is 5.91 Å². The lowest BCUT2D eigenvalue weighted by atomic mass is 10.0. The Hall–Kier alpha value is -2.17. The average Bonchev–Trinajstić information content (AvgIpc) is 3.26. The summed E-state index contributed by atoms with van der Waals surface area (Å²) in [4.78, 5) is 12.4. The Labute approximate surface area is 380 Å². The molecular weight excluding hydrogens is 747 g/mol. The number of hydrogen-bond donors (Lipinski definition) is 3. The van der Waals surface area contributed by atoms with Crippen LogP contribution in [0.3, 0.4) is 0 Å². The van der Waals surface area contributed by atoms with Gasteiger partial charge in [0.15, 0.2) is 0 Å². The highest BCUT2D eigenvalue weighted by molar-refractivity contribution is 5.76. The van der Waals surface area contributed by atoms with Crippen LogP contribution in [0.5, 0.6) is 0 Å². The zero-order chi connectivity index (χ0) is 44.2. The van der Waals surface area contributed by atoms with Gasteiger partial charge in [0.2, 0.25) is 5.91 Å². The van der Waals surface area contributed by atoms with E-state index < -0.39 is 12.1 Å². The maximum absolute atomic E-state index is 12.4. The lowest BCUT2D eigenvalue weighted by Crippen LogP contribution is -2.45. The molecule has 0 aliphatic rings. The molecular formula is C57H103NO3. The molecule has 0 rings (SSSR count). The predicted octanol–water partition coefficient (Wildman–Crippen LogP) is 17.4. The van der Waals surface area contributed by atoms with Crippen molar-refractivity contribution in [3.8, 4) is 0 Å². The zero-order valence-corrected chi connectivity index (χ0v) is 40.7. The fourth-order valence-corrected chi connectivity index (χ4v) is 7.89. The van der Waals surface area contributed by atoms with Crippen molar-refractivity contribution in [2.45, 2.75) is 276 Å². The van der Waals surface area contributed by atoms with Gasteiger partial charge in [-0.2, -0.15) is 0 Å². The molecule has 0 spiro atoms. The van der Waals surface area contributed by atoms with Crippen molar-refractivity contribution in [1.29, 1.82) is 0 Å². The summed E-state index contributed by atoms with van der Waals surface area (Å²) in [6.07, 6.45) is 74.8. The second kappa shape index (κ2) is 52.2. The summed E-state index contributed by atoms with van der Waals surface area (Å²) in [5, 5.41) is 23.1. The van der Waals surface area contributed by atoms with E-state index in [1.54, 1.807) is 6.08 Å². The largest absolute Gasteiger partial charge is 0.394 e. The summed E-state index contributed by atoms with van der Waals surface area (Å²) < 4.78 is 0. The quantitative estimate of drug-likeness (QED) is 0.0422. The van der Waals surface area contributed by atoms with Gasteiger partial charge in [0.05, 0.1) is 18.8 Å². The molecule has 3 N–H and O–H groups in total. The maximum atomic E-state index is 12.4. The van der Waals surface area contributed by atoms with Crippen molar-refractivity contribution in [3.63, 3.8) is 0 Å². The number of carbonyl (C=O) groups excluding carboxylic acids is 1. The standard InChI is InChI=1S/C57H103NO3/c1-3-5-7-9-11-13-15-17-19-21-23-25-27-28-29-31-32-34-36-38-40-42-44-46-48-50-52-56(60)55(54-59)58-57(61)53-51-49-47-45-43-41-39-37-35-33-30-26-24-22-20-18-16-14-12-10-8-6-4-2/h6,8,12,14,18,20,24,26,42,44,50,52,55-56,59-60H,3-5,7,9-11,13,15-17,19,21-23,25,27-41,43,45-49,51,53-54H2,1-2H3,(H,58,61)/b8-6-,14-12-,20-18-,26-24-,44-42+,52-50+. The van der Waals surface area contributed by atoms with Gasteiger partial charge >= 0.3 is 0 Å². The molecule has 0 saturated heterocycles. The third kappa shape index (κ3) is 48.7. The molecule has 2 atom stereocenters. The lowest BCUT2D eigenvalue weighted by Gasteiger charge is -2.19. The van der Waals surface area contributed by atoms with Crippen molar-refractivity contribution < 1.29 is 15.0 Å². The summed E-state index contributed by atoms with van der Waals surface area (Å²) in [5.41, 5.74) is 0. The highest BCUT2D eigenvalue weighted by Gasteiger charge is 2.17. The van der Waals surface area contributed by atoms with Gasteiger partial charge in [-0.15, -0.1) is 0 Å². The Bertz CT molecular complexity index is 1050. The van der Waals surface area contributed by atoms with Crippen LogP contribution in [0, 0.1) is 0 Å². The van der Waals surface area contributed by atoms with Crippen molar-refractivity contribution in [1.82, 2.24) is 5.32 Å². The molecule has 0 bridgehead atoms. The van der Waals surface area contributed by atoms with Crippen LogP contribution in [0.4, 0.5) is 0 Å². The number of amides is 1. The SMILES string of the molecule is CC/C=C\C/C=C\C/C=C\C/C=C\CCCCCCCCCCCCC(=O)NC(CO)C(O)/C=C/CC/C=C/CCCCCCCCCCCCCCCCCCCCCC. The van der Waals surface area contributed by atoms with E-state index in [9.17, 15) is 15.0 Å². The molecule has 354 valence electrons. The summed E-state index contributed by atoms with van der Waals surface area (Å²) in [6.45, 7) is 4.20. The van der Waals surface area contributed by atoms with Crippen molar-refractivity contribution in [3.05, 3.63) is 72.9 Å². The van der Waals surface area contributed by atoms with Crippen LogP contribution in [0.2, 0.25) is 0 Å². The van der Waals surface area contributed by atoms with Crippen LogP contribution in [0.15, 0.2) is 72.9 Å². The van der Waals surface area contributed by atoms with Gasteiger partial charge in [-0.3, -0.25) is 4.79 Å². The first-order valence-corrected chi connectivity index (χ1v) is 26.7.